The van der Waals surface area contributed by atoms with E-state index in [2.05, 4.69) is 19.4 Å². The van der Waals surface area contributed by atoms with Crippen molar-refractivity contribution >= 4 is 53.8 Å². The van der Waals surface area contributed by atoms with E-state index < -0.39 is 56.6 Å². The van der Waals surface area contributed by atoms with Crippen LogP contribution in [0.3, 0.4) is 0 Å². The first-order valence-corrected chi connectivity index (χ1v) is 16.5. The van der Waals surface area contributed by atoms with Crippen LogP contribution >= 0.6 is 0 Å². The lowest BCUT2D eigenvalue weighted by Crippen LogP contribution is -2.27. The first kappa shape index (κ1) is 32.6. The zero-order valence-electron chi connectivity index (χ0n) is 23.7. The number of aromatic carboxylic acids is 2. The van der Waals surface area contributed by atoms with Crippen molar-refractivity contribution in [2.75, 3.05) is 26.3 Å². The first-order chi connectivity index (χ1) is 21.9. The highest BCUT2D eigenvalue weighted by Gasteiger charge is 2.25. The van der Waals surface area contributed by atoms with Crippen molar-refractivity contribution in [3.05, 3.63) is 84.2 Å². The van der Waals surface area contributed by atoms with E-state index in [-0.39, 0.29) is 66.9 Å². The Balaban J connectivity index is 1.89. The molecule has 14 nitrogen and oxygen atoms in total. The molecular weight excluding hydrogens is 640 g/mol. The van der Waals surface area contributed by atoms with Crippen LogP contribution in [-0.4, -0.2) is 85.5 Å². The molecular formula is C30H26N4O10S2. The van der Waals surface area contributed by atoms with E-state index in [1.807, 2.05) is 0 Å². The number of aliphatic hydroxyl groups excluding tert-OH is 2. The molecule has 0 fully saturated rings. The van der Waals surface area contributed by atoms with Gasteiger partial charge in [0, 0.05) is 35.0 Å². The summed E-state index contributed by atoms with van der Waals surface area (Å²) >= 11 is 0. The third kappa shape index (κ3) is 6.17. The topological polar surface area (TPSA) is 233 Å². The van der Waals surface area contributed by atoms with Crippen LogP contribution in [0.2, 0.25) is 0 Å². The zero-order valence-corrected chi connectivity index (χ0v) is 25.3. The summed E-state index contributed by atoms with van der Waals surface area (Å²) in [6.45, 7) is -1.46. The first-order valence-electron chi connectivity index (χ1n) is 13.5. The van der Waals surface area contributed by atoms with Crippen LogP contribution < -0.4 is 9.44 Å². The Morgan fingerprint density at radius 2 is 0.957 bits per heavy atom. The van der Waals surface area contributed by atoms with Gasteiger partial charge in [-0.1, -0.05) is 48.5 Å². The number of hydrogen-bond donors (Lipinski definition) is 6. The van der Waals surface area contributed by atoms with Gasteiger partial charge >= 0.3 is 11.9 Å². The van der Waals surface area contributed by atoms with Crippen molar-refractivity contribution in [1.29, 1.82) is 0 Å². The molecule has 5 aromatic rings. The Kier molecular flexibility index (Phi) is 9.11. The van der Waals surface area contributed by atoms with Gasteiger partial charge < -0.3 is 20.4 Å². The molecule has 238 valence electrons. The smallest absolute Gasteiger partial charge is 0.354 e. The lowest BCUT2D eigenvalue weighted by atomic mass is 9.95. The maximum atomic E-state index is 13.2. The van der Waals surface area contributed by atoms with E-state index >= 15 is 0 Å². The van der Waals surface area contributed by atoms with Gasteiger partial charge in [0.15, 0.2) is 0 Å². The highest BCUT2D eigenvalue weighted by Crippen LogP contribution is 2.39. The number of pyridine rings is 2. The van der Waals surface area contributed by atoms with E-state index in [1.54, 1.807) is 12.1 Å². The lowest BCUT2D eigenvalue weighted by molar-refractivity contribution is 0.0680. The summed E-state index contributed by atoms with van der Waals surface area (Å²) in [6.07, 6.45) is 0. The molecule has 0 amide bonds. The number of aliphatic hydroxyl groups is 2. The molecule has 16 heteroatoms. The minimum atomic E-state index is -4.18. The molecule has 0 aliphatic heterocycles. The molecule has 0 atom stereocenters. The summed E-state index contributed by atoms with van der Waals surface area (Å²) in [5.41, 5.74) is -0.677. The van der Waals surface area contributed by atoms with Crippen molar-refractivity contribution in [2.24, 2.45) is 0 Å². The van der Waals surface area contributed by atoms with Gasteiger partial charge in [-0.15, -0.1) is 0 Å². The van der Waals surface area contributed by atoms with Crippen LogP contribution in [0.4, 0.5) is 0 Å². The summed E-state index contributed by atoms with van der Waals surface area (Å²) in [4.78, 5) is 32.6. The van der Waals surface area contributed by atoms with Crippen LogP contribution in [-0.2, 0) is 20.0 Å². The Hall–Kier alpha value is -4.84. The average Bonchev–Trinajstić information content (AvgIpc) is 3.05. The van der Waals surface area contributed by atoms with Crippen LogP contribution in [0.5, 0.6) is 0 Å². The van der Waals surface area contributed by atoms with E-state index in [0.29, 0.717) is 0 Å². The quantitative estimate of drug-likeness (QED) is 0.105. The van der Waals surface area contributed by atoms with Crippen LogP contribution in [0.25, 0.3) is 44.1 Å². The standard InChI is InChI=1S/C30H26N4O10S2/c35-13-11-31-45(41,42)25-7-3-1-5-17(25)21-15-23(29(37)38)33-27-19(21)9-10-20-22(16-24(30(39)40)34-28(20)27)18-6-2-4-8-26(18)46(43,44)32-12-14-36/h1-10,15-16,31-32,35-36H,11-14H2,(H,37,38)(H,39,40). The van der Waals surface area contributed by atoms with Gasteiger partial charge in [-0.3, -0.25) is 0 Å². The fourth-order valence-corrected chi connectivity index (χ4v) is 7.48. The normalized spacial score (nSPS) is 12.0. The van der Waals surface area contributed by atoms with Gasteiger partial charge in [-0.2, -0.15) is 0 Å². The van der Waals surface area contributed by atoms with Crippen LogP contribution in [0.15, 0.2) is 82.6 Å². The summed E-state index contributed by atoms with van der Waals surface area (Å²) < 4.78 is 57.2. The molecule has 5 rings (SSSR count). The molecule has 0 saturated carbocycles. The lowest BCUT2D eigenvalue weighted by Gasteiger charge is -2.17. The minimum Gasteiger partial charge on any atom is -0.477 e. The monoisotopic (exact) mass is 666 g/mol. The Labute approximate surface area is 262 Å². The number of hydrogen-bond acceptors (Lipinski definition) is 10. The van der Waals surface area contributed by atoms with Crippen LogP contribution in [0.1, 0.15) is 21.0 Å². The van der Waals surface area contributed by atoms with E-state index in [0.717, 1.165) is 0 Å². The number of carboxylic acids is 2. The Morgan fingerprint density at radius 1 is 0.587 bits per heavy atom. The predicted octanol–water partition coefficient (Wildman–Crippen LogP) is 2.05. The number of benzene rings is 3. The largest absolute Gasteiger partial charge is 0.477 e. The summed E-state index contributed by atoms with van der Waals surface area (Å²) in [6, 6.07) is 17.0. The number of nitrogens with zero attached hydrogens (tertiary/aromatic N) is 2. The zero-order chi connectivity index (χ0) is 33.2. The molecule has 0 saturated heterocycles. The third-order valence-corrected chi connectivity index (χ3v) is 9.98. The highest BCUT2D eigenvalue weighted by atomic mass is 32.2. The van der Waals surface area contributed by atoms with Crippen molar-refractivity contribution in [3.63, 3.8) is 0 Å². The maximum Gasteiger partial charge on any atom is 0.354 e. The van der Waals surface area contributed by atoms with Gasteiger partial charge in [-0.25, -0.2) is 45.8 Å². The third-order valence-electron chi connectivity index (χ3n) is 6.94. The molecule has 6 N–H and O–H groups in total. The summed E-state index contributed by atoms with van der Waals surface area (Å²) in [5.74, 6) is -2.92. The number of rotatable bonds is 12. The molecule has 0 radical (unpaired) electrons. The van der Waals surface area contributed by atoms with Gasteiger partial charge in [-0.05, 0) is 35.4 Å². The number of aromatic nitrogens is 2. The number of sulfonamides is 2. The number of fused-ring (bicyclic) bond motifs is 3. The number of carboxylic acid groups (broad SMARTS) is 2. The Bertz CT molecular complexity index is 2080. The van der Waals surface area contributed by atoms with E-state index in [1.165, 1.54) is 60.7 Å². The van der Waals surface area contributed by atoms with Gasteiger partial charge in [0.05, 0.1) is 34.0 Å². The molecule has 2 heterocycles. The second kappa shape index (κ2) is 12.9. The van der Waals surface area contributed by atoms with E-state index in [9.17, 15) is 46.9 Å². The molecule has 3 aromatic carbocycles. The van der Waals surface area contributed by atoms with Crippen LogP contribution in [0, 0.1) is 0 Å². The minimum absolute atomic E-state index is 0.0778. The molecule has 2 aromatic heterocycles. The fraction of sp³-hybridized carbons (Fsp3) is 0.133. The Morgan fingerprint density at radius 3 is 1.30 bits per heavy atom. The maximum absolute atomic E-state index is 13.2. The highest BCUT2D eigenvalue weighted by molar-refractivity contribution is 7.90. The van der Waals surface area contributed by atoms with Gasteiger partial charge in [0.1, 0.15) is 11.4 Å². The van der Waals surface area contributed by atoms with Crippen molar-refractivity contribution in [1.82, 2.24) is 19.4 Å². The van der Waals surface area contributed by atoms with Crippen molar-refractivity contribution < 1.29 is 46.9 Å². The summed E-state index contributed by atoms with van der Waals surface area (Å²) in [5, 5.41) is 38.8. The fourth-order valence-electron chi connectivity index (χ4n) is 5.00. The van der Waals surface area contributed by atoms with Crippen molar-refractivity contribution in [2.45, 2.75) is 9.79 Å². The molecule has 0 aliphatic rings. The second-order valence-corrected chi connectivity index (χ2v) is 13.3. The SMILES string of the molecule is O=C(O)c1cc(-c2ccccc2S(=O)(=O)NCCO)c2ccc3c(-c4ccccc4S(=O)(=O)NCCO)cc(C(=O)O)nc3c2n1. The number of carbonyl (C=O) groups is 2. The molecule has 0 bridgehead atoms. The van der Waals surface area contributed by atoms with Gasteiger partial charge in [0.2, 0.25) is 20.0 Å². The molecule has 46 heavy (non-hydrogen) atoms. The summed E-state index contributed by atoms with van der Waals surface area (Å²) in [7, 11) is -8.36. The molecule has 0 aliphatic carbocycles. The van der Waals surface area contributed by atoms with Crippen molar-refractivity contribution in [3.8, 4) is 22.3 Å². The second-order valence-electron chi connectivity index (χ2n) is 9.81. The van der Waals surface area contributed by atoms with Gasteiger partial charge in [0.25, 0.3) is 0 Å². The number of nitrogens with one attached hydrogen (secondary N) is 2. The molecule has 0 spiro atoms. The van der Waals surface area contributed by atoms with E-state index in [4.69, 9.17) is 0 Å². The predicted molar refractivity (Wildman–Crippen MR) is 166 cm³/mol. The molecule has 0 unspecified atom stereocenters. The average molecular weight is 667 g/mol.